The van der Waals surface area contributed by atoms with Crippen molar-refractivity contribution in [1.82, 2.24) is 14.4 Å². The summed E-state index contributed by atoms with van der Waals surface area (Å²) in [5.41, 5.74) is -0.955. The summed E-state index contributed by atoms with van der Waals surface area (Å²) >= 11 is 0. The average Bonchev–Trinajstić information content (AvgIpc) is 2.89. The van der Waals surface area contributed by atoms with Crippen LogP contribution < -0.4 is 5.32 Å². The second-order valence-electron chi connectivity index (χ2n) is 7.60. The first-order valence-corrected chi connectivity index (χ1v) is 8.45. The van der Waals surface area contributed by atoms with Gasteiger partial charge in [0.25, 0.3) is 0 Å². The van der Waals surface area contributed by atoms with Crippen molar-refractivity contribution in [3.63, 3.8) is 0 Å². The minimum Gasteiger partial charge on any atom is -0.309 e. The second kappa shape index (κ2) is 6.88. The predicted octanol–water partition coefficient (Wildman–Crippen LogP) is 4.93. The first-order chi connectivity index (χ1) is 12.9. The van der Waals surface area contributed by atoms with E-state index in [1.807, 2.05) is 20.8 Å². The predicted molar refractivity (Wildman–Crippen MR) is 96.1 cm³/mol. The van der Waals surface area contributed by atoms with Crippen molar-refractivity contribution in [3.05, 3.63) is 48.0 Å². The lowest BCUT2D eigenvalue weighted by Crippen LogP contribution is -2.20. The van der Waals surface area contributed by atoms with Crippen LogP contribution >= 0.6 is 0 Å². The van der Waals surface area contributed by atoms with E-state index in [0.717, 1.165) is 24.5 Å². The molecule has 0 saturated heterocycles. The number of fused-ring (bicyclic) bond motifs is 1. The Morgan fingerprint density at radius 3 is 2.54 bits per heavy atom. The van der Waals surface area contributed by atoms with Gasteiger partial charge in [0, 0.05) is 18.8 Å². The van der Waals surface area contributed by atoms with Gasteiger partial charge in [0.2, 0.25) is 5.91 Å². The van der Waals surface area contributed by atoms with Gasteiger partial charge in [0.15, 0.2) is 5.82 Å². The fourth-order valence-electron chi connectivity index (χ4n) is 2.74. The Labute approximate surface area is 158 Å². The molecule has 3 aromatic rings. The van der Waals surface area contributed by atoms with E-state index in [4.69, 9.17) is 0 Å². The molecule has 9 heteroatoms. The fourth-order valence-corrected chi connectivity index (χ4v) is 2.74. The highest BCUT2D eigenvalue weighted by Crippen LogP contribution is 2.34. The molecule has 0 bridgehead atoms. The van der Waals surface area contributed by atoms with Gasteiger partial charge >= 0.3 is 6.18 Å². The number of hydrogen-bond donors (Lipinski definition) is 1. The standard InChI is InChI=1S/C19H18F4N4O/c1-18(2,3)9-15(28)26-17-16(27-10-12(20)4-5-14(27)25-17)13-8-11(6-7-24-13)19(21,22)23/h4-8,10H,9H2,1-3H3,(H,26,28). The maximum Gasteiger partial charge on any atom is 0.416 e. The number of nitrogens with one attached hydrogen (secondary N) is 1. The Hall–Kier alpha value is -2.97. The van der Waals surface area contributed by atoms with Gasteiger partial charge in [-0.1, -0.05) is 20.8 Å². The Morgan fingerprint density at radius 1 is 1.18 bits per heavy atom. The summed E-state index contributed by atoms with van der Waals surface area (Å²) in [7, 11) is 0. The van der Waals surface area contributed by atoms with Crippen LogP contribution in [0.15, 0.2) is 36.7 Å². The first kappa shape index (κ1) is 19.8. The number of carbonyl (C=O) groups excluding carboxylic acids is 1. The van der Waals surface area contributed by atoms with E-state index < -0.39 is 17.6 Å². The summed E-state index contributed by atoms with van der Waals surface area (Å²) in [5.74, 6) is -0.943. The zero-order valence-electron chi connectivity index (χ0n) is 15.4. The van der Waals surface area contributed by atoms with Crippen LogP contribution in [-0.4, -0.2) is 20.3 Å². The summed E-state index contributed by atoms with van der Waals surface area (Å²) in [6.07, 6.45) is -2.31. The first-order valence-electron chi connectivity index (χ1n) is 8.45. The van der Waals surface area contributed by atoms with Crippen molar-refractivity contribution in [3.8, 4) is 11.4 Å². The highest BCUT2D eigenvalue weighted by molar-refractivity contribution is 5.94. The van der Waals surface area contributed by atoms with E-state index in [9.17, 15) is 22.4 Å². The molecule has 0 radical (unpaired) electrons. The molecular formula is C19H18F4N4O. The van der Waals surface area contributed by atoms with Crippen LogP contribution in [0.3, 0.4) is 0 Å². The number of halogens is 4. The van der Waals surface area contributed by atoms with Gasteiger partial charge in [0.05, 0.1) is 11.3 Å². The number of amides is 1. The number of carbonyl (C=O) groups is 1. The Morgan fingerprint density at radius 2 is 1.89 bits per heavy atom. The molecule has 3 aromatic heterocycles. The van der Waals surface area contributed by atoms with Gasteiger partial charge in [-0.25, -0.2) is 9.37 Å². The molecular weight excluding hydrogens is 376 g/mol. The highest BCUT2D eigenvalue weighted by atomic mass is 19.4. The van der Waals surface area contributed by atoms with Crippen LogP contribution in [0.25, 0.3) is 17.0 Å². The molecule has 5 nitrogen and oxygen atoms in total. The van der Waals surface area contributed by atoms with Crippen LogP contribution in [0.4, 0.5) is 23.4 Å². The Bertz CT molecular complexity index is 1030. The summed E-state index contributed by atoms with van der Waals surface area (Å²) < 4.78 is 54.3. The summed E-state index contributed by atoms with van der Waals surface area (Å²) in [6.45, 7) is 5.63. The topological polar surface area (TPSA) is 59.3 Å². The number of rotatable bonds is 3. The summed E-state index contributed by atoms with van der Waals surface area (Å²) in [6, 6.07) is 4.22. The van der Waals surface area contributed by atoms with Gasteiger partial charge in [-0.15, -0.1) is 0 Å². The molecule has 0 aromatic carbocycles. The van der Waals surface area contributed by atoms with E-state index in [2.05, 4.69) is 15.3 Å². The van der Waals surface area contributed by atoms with E-state index >= 15 is 0 Å². The molecule has 3 rings (SSSR count). The van der Waals surface area contributed by atoms with Gasteiger partial charge in [-0.05, 0) is 29.7 Å². The third-order valence-corrected chi connectivity index (χ3v) is 3.86. The molecule has 0 fully saturated rings. The molecule has 1 amide bonds. The minimum atomic E-state index is -4.57. The molecule has 1 N–H and O–H groups in total. The normalized spacial score (nSPS) is 12.4. The lowest BCUT2D eigenvalue weighted by atomic mass is 9.92. The van der Waals surface area contributed by atoms with Crippen LogP contribution in [0.2, 0.25) is 0 Å². The number of imidazole rings is 1. The third-order valence-electron chi connectivity index (χ3n) is 3.86. The van der Waals surface area contributed by atoms with Crippen molar-refractivity contribution in [2.45, 2.75) is 33.4 Å². The fraction of sp³-hybridized carbons (Fsp3) is 0.316. The number of hydrogen-bond acceptors (Lipinski definition) is 3. The maximum atomic E-state index is 13.8. The van der Waals surface area contributed by atoms with Gasteiger partial charge in [-0.2, -0.15) is 13.2 Å². The molecule has 0 aliphatic rings. The second-order valence-corrected chi connectivity index (χ2v) is 7.60. The number of aromatic nitrogens is 3. The largest absolute Gasteiger partial charge is 0.416 e. The molecule has 0 spiro atoms. The van der Waals surface area contributed by atoms with Crippen LogP contribution in [0, 0.1) is 11.2 Å². The van der Waals surface area contributed by atoms with Crippen LogP contribution in [-0.2, 0) is 11.0 Å². The maximum absolute atomic E-state index is 13.8. The summed E-state index contributed by atoms with van der Waals surface area (Å²) in [4.78, 5) is 20.6. The van der Waals surface area contributed by atoms with Crippen LogP contribution in [0.1, 0.15) is 32.8 Å². The van der Waals surface area contributed by atoms with Crippen molar-refractivity contribution >= 4 is 17.4 Å². The van der Waals surface area contributed by atoms with Gasteiger partial charge in [-0.3, -0.25) is 14.2 Å². The molecule has 0 aliphatic heterocycles. The van der Waals surface area contributed by atoms with Crippen molar-refractivity contribution < 1.29 is 22.4 Å². The lowest BCUT2D eigenvalue weighted by Gasteiger charge is -2.17. The molecule has 0 atom stereocenters. The Balaban J connectivity index is 2.14. The average molecular weight is 394 g/mol. The van der Waals surface area contributed by atoms with Crippen LogP contribution in [0.5, 0.6) is 0 Å². The van der Waals surface area contributed by atoms with E-state index in [1.54, 1.807) is 0 Å². The monoisotopic (exact) mass is 394 g/mol. The third kappa shape index (κ3) is 4.29. The van der Waals surface area contributed by atoms with Gasteiger partial charge < -0.3 is 5.32 Å². The smallest absolute Gasteiger partial charge is 0.309 e. The zero-order chi connectivity index (χ0) is 20.7. The summed E-state index contributed by atoms with van der Waals surface area (Å²) in [5, 5.41) is 2.62. The quantitative estimate of drug-likeness (QED) is 0.641. The minimum absolute atomic E-state index is 0.0201. The molecule has 0 unspecified atom stereocenters. The van der Waals surface area contributed by atoms with Crippen molar-refractivity contribution in [2.24, 2.45) is 5.41 Å². The van der Waals surface area contributed by atoms with Gasteiger partial charge in [0.1, 0.15) is 17.2 Å². The molecule has 0 aliphatic carbocycles. The molecule has 0 saturated carbocycles. The highest BCUT2D eigenvalue weighted by Gasteiger charge is 2.31. The van der Waals surface area contributed by atoms with Crippen molar-refractivity contribution in [1.29, 1.82) is 0 Å². The lowest BCUT2D eigenvalue weighted by molar-refractivity contribution is -0.137. The van der Waals surface area contributed by atoms with E-state index in [-0.39, 0.29) is 40.6 Å². The molecule has 148 valence electrons. The zero-order valence-corrected chi connectivity index (χ0v) is 15.4. The number of anilines is 1. The van der Waals surface area contributed by atoms with Crippen molar-refractivity contribution in [2.75, 3.05) is 5.32 Å². The number of nitrogens with zero attached hydrogens (tertiary/aromatic N) is 3. The molecule has 3 heterocycles. The Kier molecular flexibility index (Phi) is 4.86. The number of alkyl halides is 3. The molecule has 28 heavy (non-hydrogen) atoms. The number of pyridine rings is 2. The van der Waals surface area contributed by atoms with E-state index in [0.29, 0.717) is 0 Å². The SMILES string of the molecule is CC(C)(C)CC(=O)Nc1nc2ccc(F)cn2c1-c1cc(C(F)(F)F)ccn1. The van der Waals surface area contributed by atoms with E-state index in [1.165, 1.54) is 16.5 Å².